The Morgan fingerprint density at radius 3 is 3.06 bits per heavy atom. The van der Waals surface area contributed by atoms with Crippen molar-refractivity contribution < 1.29 is 4.79 Å². The van der Waals surface area contributed by atoms with Crippen molar-refractivity contribution in [3.8, 4) is 0 Å². The topological polar surface area (TPSA) is 95.7 Å². The van der Waals surface area contributed by atoms with Gasteiger partial charge >= 0.3 is 0 Å². The summed E-state index contributed by atoms with van der Waals surface area (Å²) in [5.41, 5.74) is 9.52. The van der Waals surface area contributed by atoms with Crippen LogP contribution in [0.5, 0.6) is 0 Å². The van der Waals surface area contributed by atoms with E-state index in [1.54, 1.807) is 17.8 Å². The summed E-state index contributed by atoms with van der Waals surface area (Å²) in [6.07, 6.45) is 1.44. The van der Waals surface area contributed by atoms with E-state index in [0.717, 1.165) is 12.1 Å². The molecule has 0 unspecified atom stereocenters. The molecule has 1 N–H and O–H groups in total. The minimum atomic E-state index is -0.152. The third-order valence-corrected chi connectivity index (χ3v) is 2.31. The number of azide groups is 1. The predicted molar refractivity (Wildman–Crippen MR) is 63.5 cm³/mol. The normalized spacial score (nSPS) is 9.76. The maximum Gasteiger partial charge on any atom is 0.269 e. The fraction of sp³-hybridized carbons (Fsp3) is 0.600. The van der Waals surface area contributed by atoms with Crippen molar-refractivity contribution in [1.82, 2.24) is 15.1 Å². The zero-order chi connectivity index (χ0) is 12.7. The van der Waals surface area contributed by atoms with Gasteiger partial charge in [0.15, 0.2) is 0 Å². The molecule has 1 heterocycles. The standard InChI is InChI=1S/C10H16N6O/c1-3-8-7-9(16(2)14-8)10(17)12-5-4-6-13-15-11/h7H,3-6H2,1-2H3,(H,12,17). The van der Waals surface area contributed by atoms with E-state index in [1.807, 2.05) is 6.92 Å². The van der Waals surface area contributed by atoms with Crippen LogP contribution >= 0.6 is 0 Å². The van der Waals surface area contributed by atoms with Gasteiger partial charge < -0.3 is 5.32 Å². The van der Waals surface area contributed by atoms with E-state index in [2.05, 4.69) is 20.4 Å². The average Bonchev–Trinajstić information content (AvgIpc) is 2.70. The monoisotopic (exact) mass is 236 g/mol. The molecule has 0 saturated carbocycles. The Bertz CT molecular complexity index is 432. The summed E-state index contributed by atoms with van der Waals surface area (Å²) in [6, 6.07) is 1.78. The molecule has 0 radical (unpaired) electrons. The third kappa shape index (κ3) is 3.81. The summed E-state index contributed by atoms with van der Waals surface area (Å²) in [5.74, 6) is -0.152. The Balaban J connectivity index is 2.46. The summed E-state index contributed by atoms with van der Waals surface area (Å²) < 4.78 is 1.57. The summed E-state index contributed by atoms with van der Waals surface area (Å²) in [4.78, 5) is 14.4. The molecule has 1 aromatic heterocycles. The first-order valence-electron chi connectivity index (χ1n) is 5.51. The predicted octanol–water partition coefficient (Wildman–Crippen LogP) is 1.41. The molecule has 0 bridgehead atoms. The molecule has 0 aliphatic carbocycles. The summed E-state index contributed by atoms with van der Waals surface area (Å²) >= 11 is 0. The van der Waals surface area contributed by atoms with E-state index in [4.69, 9.17) is 5.53 Å². The number of hydrogen-bond acceptors (Lipinski definition) is 3. The zero-order valence-electron chi connectivity index (χ0n) is 10.1. The van der Waals surface area contributed by atoms with Crippen LogP contribution in [0.15, 0.2) is 11.2 Å². The maximum absolute atomic E-state index is 11.8. The summed E-state index contributed by atoms with van der Waals surface area (Å²) in [7, 11) is 1.74. The lowest BCUT2D eigenvalue weighted by Gasteiger charge is -2.03. The number of carbonyl (C=O) groups excluding carboxylic acids is 1. The second-order valence-electron chi connectivity index (χ2n) is 3.56. The highest BCUT2D eigenvalue weighted by Crippen LogP contribution is 2.03. The molecule has 0 aliphatic heterocycles. The van der Waals surface area contributed by atoms with Crippen molar-refractivity contribution in [3.05, 3.63) is 27.9 Å². The Kier molecular flexibility index (Phi) is 5.03. The van der Waals surface area contributed by atoms with E-state index >= 15 is 0 Å². The van der Waals surface area contributed by atoms with E-state index < -0.39 is 0 Å². The molecule has 1 amide bonds. The maximum atomic E-state index is 11.8. The molecule has 7 heteroatoms. The van der Waals surface area contributed by atoms with Gasteiger partial charge in [-0.2, -0.15) is 5.10 Å². The van der Waals surface area contributed by atoms with Crippen LogP contribution in [0.4, 0.5) is 0 Å². The minimum absolute atomic E-state index is 0.152. The lowest BCUT2D eigenvalue weighted by Crippen LogP contribution is -2.26. The molecule has 17 heavy (non-hydrogen) atoms. The van der Waals surface area contributed by atoms with E-state index in [9.17, 15) is 4.79 Å². The highest BCUT2D eigenvalue weighted by molar-refractivity contribution is 5.92. The molecule has 0 aromatic carbocycles. The fourth-order valence-electron chi connectivity index (χ4n) is 1.40. The second-order valence-corrected chi connectivity index (χ2v) is 3.56. The van der Waals surface area contributed by atoms with Crippen LogP contribution in [0.2, 0.25) is 0 Å². The first-order chi connectivity index (χ1) is 8.19. The molecular weight excluding hydrogens is 220 g/mol. The number of hydrogen-bond donors (Lipinski definition) is 1. The van der Waals surface area contributed by atoms with Gasteiger partial charge in [-0.15, -0.1) is 0 Å². The Hall–Kier alpha value is -2.01. The molecule has 0 saturated heterocycles. The van der Waals surface area contributed by atoms with Gasteiger partial charge in [0.25, 0.3) is 5.91 Å². The first-order valence-corrected chi connectivity index (χ1v) is 5.51. The van der Waals surface area contributed by atoms with Crippen LogP contribution in [0.25, 0.3) is 10.4 Å². The molecule has 0 aliphatic rings. The van der Waals surface area contributed by atoms with Crippen molar-refractivity contribution in [2.45, 2.75) is 19.8 Å². The van der Waals surface area contributed by atoms with Crippen LogP contribution in [0.1, 0.15) is 29.5 Å². The molecule has 1 rings (SSSR count). The average molecular weight is 236 g/mol. The second kappa shape index (κ2) is 6.55. The van der Waals surface area contributed by atoms with Crippen molar-refractivity contribution in [2.75, 3.05) is 13.1 Å². The van der Waals surface area contributed by atoms with Gasteiger partial charge in [-0.25, -0.2) is 0 Å². The number of rotatable bonds is 6. The van der Waals surface area contributed by atoms with Crippen LogP contribution in [-0.4, -0.2) is 28.8 Å². The number of aromatic nitrogens is 2. The molecule has 0 fully saturated rings. The lowest BCUT2D eigenvalue weighted by molar-refractivity contribution is 0.0944. The van der Waals surface area contributed by atoms with Crippen LogP contribution in [-0.2, 0) is 13.5 Å². The first kappa shape index (κ1) is 13.1. The fourth-order valence-corrected chi connectivity index (χ4v) is 1.40. The molecule has 0 atom stereocenters. The molecule has 92 valence electrons. The van der Waals surface area contributed by atoms with Crippen molar-refractivity contribution >= 4 is 5.91 Å². The highest BCUT2D eigenvalue weighted by Gasteiger charge is 2.11. The smallest absolute Gasteiger partial charge is 0.269 e. The number of nitrogens with zero attached hydrogens (tertiary/aromatic N) is 5. The third-order valence-electron chi connectivity index (χ3n) is 2.31. The van der Waals surface area contributed by atoms with Crippen LogP contribution in [0, 0.1) is 0 Å². The van der Waals surface area contributed by atoms with Gasteiger partial charge in [-0.3, -0.25) is 9.48 Å². The minimum Gasteiger partial charge on any atom is -0.351 e. The largest absolute Gasteiger partial charge is 0.351 e. The van der Waals surface area contributed by atoms with Gasteiger partial charge in [-0.1, -0.05) is 12.0 Å². The van der Waals surface area contributed by atoms with Crippen molar-refractivity contribution in [3.63, 3.8) is 0 Å². The summed E-state index contributed by atoms with van der Waals surface area (Å²) in [5, 5.41) is 10.3. The Morgan fingerprint density at radius 2 is 2.47 bits per heavy atom. The highest BCUT2D eigenvalue weighted by atomic mass is 16.2. The zero-order valence-corrected chi connectivity index (χ0v) is 10.1. The summed E-state index contributed by atoms with van der Waals surface area (Å²) in [6.45, 7) is 2.87. The lowest BCUT2D eigenvalue weighted by atomic mass is 10.3. The van der Waals surface area contributed by atoms with Gasteiger partial charge in [0.05, 0.1) is 5.69 Å². The van der Waals surface area contributed by atoms with Crippen molar-refractivity contribution in [1.29, 1.82) is 0 Å². The molecule has 1 aromatic rings. The van der Waals surface area contributed by atoms with E-state index in [1.165, 1.54) is 0 Å². The van der Waals surface area contributed by atoms with Gasteiger partial charge in [-0.05, 0) is 24.4 Å². The van der Waals surface area contributed by atoms with Gasteiger partial charge in [0.1, 0.15) is 5.69 Å². The quantitative estimate of drug-likeness (QED) is 0.350. The van der Waals surface area contributed by atoms with Crippen molar-refractivity contribution in [2.24, 2.45) is 12.2 Å². The van der Waals surface area contributed by atoms with Crippen LogP contribution in [0.3, 0.4) is 0 Å². The number of aryl methyl sites for hydroxylation is 2. The Labute approximate surface area is 99.4 Å². The SMILES string of the molecule is CCc1cc(C(=O)NCCCN=[N+]=[N-])n(C)n1. The number of amides is 1. The Morgan fingerprint density at radius 1 is 1.71 bits per heavy atom. The number of carbonyl (C=O) groups is 1. The van der Waals surface area contributed by atoms with E-state index in [0.29, 0.717) is 25.2 Å². The number of nitrogens with one attached hydrogen (secondary N) is 1. The van der Waals surface area contributed by atoms with Gasteiger partial charge in [0.2, 0.25) is 0 Å². The molecular formula is C10H16N6O. The molecule has 7 nitrogen and oxygen atoms in total. The van der Waals surface area contributed by atoms with Gasteiger partial charge in [0, 0.05) is 25.0 Å². The molecule has 0 spiro atoms. The van der Waals surface area contributed by atoms with E-state index in [-0.39, 0.29) is 5.91 Å². The van der Waals surface area contributed by atoms with Crippen LogP contribution < -0.4 is 5.32 Å².